The largest absolute Gasteiger partial charge is 0.377 e. The fraction of sp³-hybridized carbons (Fsp3) is 0.280. The number of hydrogen-bond acceptors (Lipinski definition) is 6. The van der Waals surface area contributed by atoms with Gasteiger partial charge in [-0.1, -0.05) is 42.1 Å². The van der Waals surface area contributed by atoms with Crippen molar-refractivity contribution in [2.45, 2.75) is 37.2 Å². The van der Waals surface area contributed by atoms with Crippen LogP contribution in [-0.2, 0) is 17.8 Å². The molecule has 174 valence electrons. The number of rotatable bonds is 9. The summed E-state index contributed by atoms with van der Waals surface area (Å²) in [5.74, 6) is 1.41. The van der Waals surface area contributed by atoms with E-state index in [-0.39, 0.29) is 12.0 Å². The highest BCUT2D eigenvalue weighted by molar-refractivity contribution is 7.99. The van der Waals surface area contributed by atoms with E-state index in [0.29, 0.717) is 18.7 Å². The van der Waals surface area contributed by atoms with Gasteiger partial charge in [-0.05, 0) is 48.7 Å². The number of carbonyl (C=O) groups excluding carboxylic acids is 1. The minimum atomic E-state index is -0.158. The predicted molar refractivity (Wildman–Crippen MR) is 130 cm³/mol. The van der Waals surface area contributed by atoms with Gasteiger partial charge < -0.3 is 14.6 Å². The zero-order chi connectivity index (χ0) is 23.2. The molecule has 9 heteroatoms. The molecule has 3 heterocycles. The summed E-state index contributed by atoms with van der Waals surface area (Å²) >= 11 is 1.66. The van der Waals surface area contributed by atoms with Crippen molar-refractivity contribution >= 4 is 17.7 Å². The zero-order valence-corrected chi connectivity index (χ0v) is 19.5. The second kappa shape index (κ2) is 10.7. The van der Waals surface area contributed by atoms with E-state index in [4.69, 9.17) is 4.74 Å². The average molecular weight is 475 g/mol. The molecule has 0 bridgehead atoms. The summed E-state index contributed by atoms with van der Waals surface area (Å²) in [5, 5.41) is 16.9. The first-order valence-electron chi connectivity index (χ1n) is 11.3. The Hall–Kier alpha value is -3.43. The molecule has 0 aliphatic carbocycles. The van der Waals surface area contributed by atoms with Crippen LogP contribution >= 0.6 is 11.8 Å². The van der Waals surface area contributed by atoms with Crippen LogP contribution in [0.1, 0.15) is 34.6 Å². The number of ether oxygens (including phenoxy) is 1. The van der Waals surface area contributed by atoms with Gasteiger partial charge in [0, 0.05) is 30.3 Å². The van der Waals surface area contributed by atoms with Gasteiger partial charge in [-0.3, -0.25) is 4.79 Å². The number of nitrogens with zero attached hydrogens (tertiary/aromatic N) is 5. The molecule has 8 nitrogen and oxygen atoms in total. The fourth-order valence-electron chi connectivity index (χ4n) is 3.87. The van der Waals surface area contributed by atoms with Gasteiger partial charge in [-0.2, -0.15) is 5.10 Å². The molecular weight excluding hydrogens is 448 g/mol. The molecule has 1 fully saturated rings. The van der Waals surface area contributed by atoms with E-state index in [9.17, 15) is 4.79 Å². The van der Waals surface area contributed by atoms with Crippen molar-refractivity contribution in [1.82, 2.24) is 29.9 Å². The van der Waals surface area contributed by atoms with Gasteiger partial charge in [0.15, 0.2) is 11.0 Å². The van der Waals surface area contributed by atoms with E-state index < -0.39 is 0 Å². The summed E-state index contributed by atoms with van der Waals surface area (Å²) in [4.78, 5) is 12.8. The van der Waals surface area contributed by atoms with Crippen LogP contribution in [-0.4, -0.2) is 48.9 Å². The minimum absolute atomic E-state index is 0.158. The topological polar surface area (TPSA) is 86.9 Å². The highest BCUT2D eigenvalue weighted by Crippen LogP contribution is 2.24. The predicted octanol–water partition coefficient (Wildman–Crippen LogP) is 3.71. The van der Waals surface area contributed by atoms with Gasteiger partial charge in [0.2, 0.25) is 0 Å². The van der Waals surface area contributed by atoms with Crippen LogP contribution in [0.5, 0.6) is 0 Å². The van der Waals surface area contributed by atoms with Crippen LogP contribution in [0.15, 0.2) is 78.2 Å². The summed E-state index contributed by atoms with van der Waals surface area (Å²) in [5.41, 5.74) is 2.64. The molecule has 4 aromatic rings. The van der Waals surface area contributed by atoms with E-state index in [2.05, 4.69) is 37.3 Å². The maximum absolute atomic E-state index is 12.8. The van der Waals surface area contributed by atoms with Crippen molar-refractivity contribution in [3.05, 3.63) is 90.0 Å². The van der Waals surface area contributed by atoms with Gasteiger partial charge in [-0.15, -0.1) is 10.2 Å². The van der Waals surface area contributed by atoms with Gasteiger partial charge in [0.05, 0.1) is 24.9 Å². The number of hydrogen-bond donors (Lipinski definition) is 1. The Bertz CT molecular complexity index is 1200. The van der Waals surface area contributed by atoms with E-state index >= 15 is 0 Å². The smallest absolute Gasteiger partial charge is 0.251 e. The molecule has 0 spiro atoms. The number of aromatic nitrogens is 5. The Labute approximate surface area is 202 Å². The summed E-state index contributed by atoms with van der Waals surface area (Å²) < 4.78 is 9.59. The van der Waals surface area contributed by atoms with Crippen molar-refractivity contribution < 1.29 is 9.53 Å². The normalized spacial score (nSPS) is 15.5. The van der Waals surface area contributed by atoms with Gasteiger partial charge in [0.25, 0.3) is 5.91 Å². The number of carbonyl (C=O) groups is 1. The molecule has 1 N–H and O–H groups in total. The van der Waals surface area contributed by atoms with E-state index in [0.717, 1.165) is 47.4 Å². The van der Waals surface area contributed by atoms with Crippen LogP contribution in [0.25, 0.3) is 5.69 Å². The highest BCUT2D eigenvalue weighted by Gasteiger charge is 2.19. The number of benzene rings is 2. The molecule has 1 aliphatic heterocycles. The van der Waals surface area contributed by atoms with Crippen molar-refractivity contribution in [1.29, 1.82) is 0 Å². The summed E-state index contributed by atoms with van der Waals surface area (Å²) in [6.45, 7) is 1.77. The third-order valence-electron chi connectivity index (χ3n) is 5.70. The third-order valence-corrected chi connectivity index (χ3v) is 6.80. The third kappa shape index (κ3) is 5.37. The number of thioether (sulfide) groups is 1. The lowest BCUT2D eigenvalue weighted by Gasteiger charge is -2.13. The molecule has 0 saturated carbocycles. The van der Waals surface area contributed by atoms with Crippen LogP contribution < -0.4 is 5.32 Å². The first-order chi connectivity index (χ1) is 16.8. The summed E-state index contributed by atoms with van der Waals surface area (Å²) in [6.07, 6.45) is 6.05. The molecular formula is C25H26N6O2S. The Kier molecular flexibility index (Phi) is 7.02. The lowest BCUT2D eigenvalue weighted by atomic mass is 10.2. The fourth-order valence-corrected chi connectivity index (χ4v) is 4.90. The lowest BCUT2D eigenvalue weighted by molar-refractivity contribution is 0.0949. The average Bonchev–Trinajstić information content (AvgIpc) is 3.65. The van der Waals surface area contributed by atoms with E-state index in [1.54, 1.807) is 34.8 Å². The van der Waals surface area contributed by atoms with Crippen LogP contribution in [0.2, 0.25) is 0 Å². The van der Waals surface area contributed by atoms with E-state index in [1.807, 2.05) is 42.6 Å². The molecule has 1 amide bonds. The molecule has 1 aliphatic rings. The molecule has 2 aromatic heterocycles. The molecule has 0 radical (unpaired) electrons. The second-order valence-corrected chi connectivity index (χ2v) is 9.08. The van der Waals surface area contributed by atoms with Crippen LogP contribution in [0.4, 0.5) is 0 Å². The Morgan fingerprint density at radius 1 is 1.09 bits per heavy atom. The first kappa shape index (κ1) is 22.4. The van der Waals surface area contributed by atoms with Gasteiger partial charge >= 0.3 is 0 Å². The maximum atomic E-state index is 12.8. The highest BCUT2D eigenvalue weighted by atomic mass is 32.2. The summed E-state index contributed by atoms with van der Waals surface area (Å²) in [6, 6.07) is 19.4. The van der Waals surface area contributed by atoms with Gasteiger partial charge in [-0.25, -0.2) is 4.68 Å². The SMILES string of the molecule is O=C(NCc1nnc(SC[C@H]2CCCO2)n1Cc1ccccc1)c1ccc(-n2cccn2)cc1. The Morgan fingerprint density at radius 2 is 1.94 bits per heavy atom. The molecule has 1 saturated heterocycles. The van der Waals surface area contributed by atoms with Crippen molar-refractivity contribution in [2.75, 3.05) is 12.4 Å². The standard InChI is InChI=1S/C25H26N6O2S/c32-24(20-9-11-21(12-10-20)31-14-5-13-27-31)26-16-23-28-29-25(34-18-22-8-4-15-33-22)30(23)17-19-6-2-1-3-7-19/h1-3,5-7,9-14,22H,4,8,15-18H2,(H,26,32)/t22-/m1/s1. The lowest BCUT2D eigenvalue weighted by Crippen LogP contribution is -2.25. The van der Waals surface area contributed by atoms with Gasteiger partial charge in [0.1, 0.15) is 0 Å². The van der Waals surface area contributed by atoms with Crippen LogP contribution in [0, 0.1) is 0 Å². The molecule has 5 rings (SSSR count). The molecule has 34 heavy (non-hydrogen) atoms. The minimum Gasteiger partial charge on any atom is -0.377 e. The quantitative estimate of drug-likeness (QED) is 0.372. The monoisotopic (exact) mass is 474 g/mol. The number of nitrogens with one attached hydrogen (secondary N) is 1. The molecule has 1 atom stereocenters. The second-order valence-electron chi connectivity index (χ2n) is 8.10. The zero-order valence-electron chi connectivity index (χ0n) is 18.7. The molecule has 2 aromatic carbocycles. The van der Waals surface area contributed by atoms with E-state index in [1.165, 1.54) is 0 Å². The maximum Gasteiger partial charge on any atom is 0.251 e. The Balaban J connectivity index is 1.27. The summed E-state index contributed by atoms with van der Waals surface area (Å²) in [7, 11) is 0. The number of amides is 1. The molecule has 0 unspecified atom stereocenters. The van der Waals surface area contributed by atoms with Crippen molar-refractivity contribution in [2.24, 2.45) is 0 Å². The first-order valence-corrected chi connectivity index (χ1v) is 12.3. The van der Waals surface area contributed by atoms with Crippen LogP contribution in [0.3, 0.4) is 0 Å². The van der Waals surface area contributed by atoms with Crippen molar-refractivity contribution in [3.8, 4) is 5.69 Å². The Morgan fingerprint density at radius 3 is 2.68 bits per heavy atom. The van der Waals surface area contributed by atoms with Crippen molar-refractivity contribution in [3.63, 3.8) is 0 Å².